The largest absolute Gasteiger partial charge is 0.355 e. The van der Waals surface area contributed by atoms with Crippen LogP contribution in [0.25, 0.3) is 0 Å². The quantitative estimate of drug-likeness (QED) is 0.847. The number of amides is 1. The van der Waals surface area contributed by atoms with E-state index in [1.54, 1.807) is 7.05 Å². The summed E-state index contributed by atoms with van der Waals surface area (Å²) in [6.45, 7) is 1.95. The Kier molecular flexibility index (Phi) is 5.49. The van der Waals surface area contributed by atoms with E-state index in [1.807, 2.05) is 36.0 Å². The van der Waals surface area contributed by atoms with Crippen LogP contribution in [0.3, 0.4) is 0 Å². The van der Waals surface area contributed by atoms with Gasteiger partial charge in [-0.3, -0.25) is 4.79 Å². The molecule has 0 radical (unpaired) electrons. The Bertz CT molecular complexity index is 438. The lowest BCUT2D eigenvalue weighted by Crippen LogP contribution is -2.34. The molecular weight excluding hydrogens is 268 g/mol. The Morgan fingerprint density at radius 3 is 2.45 bits per heavy atom. The van der Waals surface area contributed by atoms with Crippen molar-refractivity contribution in [3.63, 3.8) is 0 Å². The van der Waals surface area contributed by atoms with Crippen LogP contribution >= 0.6 is 11.8 Å². The molecule has 0 aromatic heterocycles. The van der Waals surface area contributed by atoms with Crippen molar-refractivity contribution >= 4 is 17.7 Å². The van der Waals surface area contributed by atoms with Gasteiger partial charge in [0.05, 0.1) is 0 Å². The first-order valence-corrected chi connectivity index (χ1v) is 8.48. The van der Waals surface area contributed by atoms with E-state index in [-0.39, 0.29) is 5.91 Å². The van der Waals surface area contributed by atoms with E-state index in [0.717, 1.165) is 13.1 Å². The Labute approximate surface area is 125 Å². The second kappa shape index (κ2) is 7.14. The van der Waals surface area contributed by atoms with E-state index in [2.05, 4.69) is 16.9 Å². The molecule has 0 saturated heterocycles. The molecule has 1 aromatic carbocycles. The van der Waals surface area contributed by atoms with Crippen LogP contribution in [0.1, 0.15) is 41.6 Å². The zero-order valence-corrected chi connectivity index (χ0v) is 13.2. The molecule has 1 aliphatic carbocycles. The van der Waals surface area contributed by atoms with Gasteiger partial charge in [-0.25, -0.2) is 0 Å². The zero-order valence-electron chi connectivity index (χ0n) is 12.4. The van der Waals surface area contributed by atoms with Crippen LogP contribution in [-0.4, -0.2) is 30.5 Å². The molecule has 20 heavy (non-hydrogen) atoms. The summed E-state index contributed by atoms with van der Waals surface area (Å²) in [4.78, 5) is 11.5. The molecule has 1 amide bonds. The molecule has 0 heterocycles. The number of hydrogen-bond acceptors (Lipinski definition) is 3. The lowest BCUT2D eigenvalue weighted by molar-refractivity contribution is 0.0963. The molecule has 3 nitrogen and oxygen atoms in total. The van der Waals surface area contributed by atoms with Gasteiger partial charge in [-0.15, -0.1) is 0 Å². The van der Waals surface area contributed by atoms with Crippen molar-refractivity contribution in [2.24, 2.45) is 0 Å². The van der Waals surface area contributed by atoms with Gasteiger partial charge in [-0.1, -0.05) is 25.0 Å². The predicted octanol–water partition coefficient (Wildman–Crippen LogP) is 2.81. The van der Waals surface area contributed by atoms with E-state index >= 15 is 0 Å². The van der Waals surface area contributed by atoms with Crippen LogP contribution in [0.4, 0.5) is 0 Å². The molecule has 2 rings (SSSR count). The third-order valence-corrected chi connectivity index (χ3v) is 5.59. The second-order valence-electron chi connectivity index (χ2n) is 5.47. The van der Waals surface area contributed by atoms with E-state index in [9.17, 15) is 4.79 Å². The topological polar surface area (TPSA) is 41.1 Å². The third kappa shape index (κ3) is 3.76. The molecule has 0 atom stereocenters. The molecule has 1 saturated carbocycles. The normalized spacial score (nSPS) is 17.1. The van der Waals surface area contributed by atoms with Gasteiger partial charge in [0, 0.05) is 30.4 Å². The summed E-state index contributed by atoms with van der Waals surface area (Å²) in [6.07, 6.45) is 7.62. The highest BCUT2D eigenvalue weighted by Gasteiger charge is 2.32. The van der Waals surface area contributed by atoms with Crippen LogP contribution in [0, 0.1) is 0 Å². The minimum absolute atomic E-state index is 0.0307. The maximum Gasteiger partial charge on any atom is 0.251 e. The Morgan fingerprint density at radius 1 is 1.25 bits per heavy atom. The summed E-state index contributed by atoms with van der Waals surface area (Å²) in [5.41, 5.74) is 1.94. The van der Waals surface area contributed by atoms with Crippen molar-refractivity contribution in [1.82, 2.24) is 10.6 Å². The second-order valence-corrected chi connectivity index (χ2v) is 6.75. The van der Waals surface area contributed by atoms with E-state index < -0.39 is 0 Å². The third-order valence-electron chi connectivity index (χ3n) is 4.17. The zero-order chi connectivity index (χ0) is 14.4. The molecule has 1 fully saturated rings. The number of hydrogen-bond donors (Lipinski definition) is 2. The molecule has 110 valence electrons. The van der Waals surface area contributed by atoms with Gasteiger partial charge >= 0.3 is 0 Å². The van der Waals surface area contributed by atoms with Crippen LogP contribution < -0.4 is 10.6 Å². The predicted molar refractivity (Wildman–Crippen MR) is 86.3 cm³/mol. The fourth-order valence-electron chi connectivity index (χ4n) is 2.83. The number of nitrogens with one attached hydrogen (secondary N) is 2. The fraction of sp³-hybridized carbons (Fsp3) is 0.562. The van der Waals surface area contributed by atoms with Crippen molar-refractivity contribution < 1.29 is 4.79 Å². The van der Waals surface area contributed by atoms with Gasteiger partial charge in [0.15, 0.2) is 0 Å². The molecule has 0 spiro atoms. The summed E-state index contributed by atoms with van der Waals surface area (Å²) in [6, 6.07) is 7.82. The molecule has 0 bridgehead atoms. The van der Waals surface area contributed by atoms with Crippen LogP contribution in [0.2, 0.25) is 0 Å². The van der Waals surface area contributed by atoms with E-state index in [4.69, 9.17) is 0 Å². The Balaban J connectivity index is 1.83. The van der Waals surface area contributed by atoms with Crippen molar-refractivity contribution in [2.75, 3.05) is 19.8 Å². The Hall–Kier alpha value is -1.00. The van der Waals surface area contributed by atoms with Gasteiger partial charge in [0.2, 0.25) is 0 Å². The summed E-state index contributed by atoms with van der Waals surface area (Å²) in [7, 11) is 1.65. The fourth-order valence-corrected chi connectivity index (χ4v) is 3.77. The Morgan fingerprint density at radius 2 is 1.90 bits per heavy atom. The molecule has 4 heteroatoms. The molecule has 0 unspecified atom stereocenters. The smallest absolute Gasteiger partial charge is 0.251 e. The molecule has 2 N–H and O–H groups in total. The maximum atomic E-state index is 11.5. The SMILES string of the molecule is CNC(=O)c1ccc(CNCC2(SC)CCCC2)cc1. The first-order valence-electron chi connectivity index (χ1n) is 7.26. The number of carbonyl (C=O) groups is 1. The molecular formula is C16H24N2OS. The summed E-state index contributed by atoms with van der Waals surface area (Å²) in [5, 5.41) is 6.21. The summed E-state index contributed by atoms with van der Waals surface area (Å²) in [5.74, 6) is -0.0307. The van der Waals surface area contributed by atoms with Crippen LogP contribution in [0.5, 0.6) is 0 Å². The summed E-state index contributed by atoms with van der Waals surface area (Å²) >= 11 is 2.01. The van der Waals surface area contributed by atoms with Gasteiger partial charge in [-0.05, 0) is 36.8 Å². The highest BCUT2D eigenvalue weighted by atomic mass is 32.2. The van der Waals surface area contributed by atoms with Crippen LogP contribution in [-0.2, 0) is 6.54 Å². The van der Waals surface area contributed by atoms with Crippen molar-refractivity contribution in [2.45, 2.75) is 37.0 Å². The number of benzene rings is 1. The minimum atomic E-state index is -0.0307. The maximum absolute atomic E-state index is 11.5. The standard InChI is InChI=1S/C16H24N2OS/c1-17-15(19)14-7-5-13(6-8-14)11-18-12-16(20-2)9-3-4-10-16/h5-8,18H,3-4,9-12H2,1-2H3,(H,17,19). The number of carbonyl (C=O) groups excluding carboxylic acids is 1. The van der Waals surface area contributed by atoms with Gasteiger partial charge in [-0.2, -0.15) is 11.8 Å². The van der Waals surface area contributed by atoms with Gasteiger partial charge in [0.25, 0.3) is 5.91 Å². The average Bonchev–Trinajstić information content (AvgIpc) is 2.96. The van der Waals surface area contributed by atoms with Crippen molar-refractivity contribution in [1.29, 1.82) is 0 Å². The van der Waals surface area contributed by atoms with Crippen molar-refractivity contribution in [3.05, 3.63) is 35.4 Å². The van der Waals surface area contributed by atoms with Gasteiger partial charge < -0.3 is 10.6 Å². The van der Waals surface area contributed by atoms with Gasteiger partial charge in [0.1, 0.15) is 0 Å². The highest BCUT2D eigenvalue weighted by Crippen LogP contribution is 2.39. The summed E-state index contributed by atoms with van der Waals surface area (Å²) < 4.78 is 0.446. The van der Waals surface area contributed by atoms with Crippen molar-refractivity contribution in [3.8, 4) is 0 Å². The highest BCUT2D eigenvalue weighted by molar-refractivity contribution is 8.00. The molecule has 0 aliphatic heterocycles. The minimum Gasteiger partial charge on any atom is -0.355 e. The number of rotatable bonds is 6. The average molecular weight is 292 g/mol. The number of thioether (sulfide) groups is 1. The first-order chi connectivity index (χ1) is 9.69. The lowest BCUT2D eigenvalue weighted by atomic mass is 10.1. The lowest BCUT2D eigenvalue weighted by Gasteiger charge is -2.27. The van der Waals surface area contributed by atoms with Crippen LogP contribution in [0.15, 0.2) is 24.3 Å². The molecule has 1 aromatic rings. The monoisotopic (exact) mass is 292 g/mol. The van der Waals surface area contributed by atoms with E-state index in [0.29, 0.717) is 10.3 Å². The van der Waals surface area contributed by atoms with E-state index in [1.165, 1.54) is 31.2 Å². The first kappa shape index (κ1) is 15.4. The molecule has 1 aliphatic rings.